The monoisotopic (exact) mass is 898 g/mol. The molecule has 0 atom stereocenters. The maximum absolute atomic E-state index is 13.1. The molecule has 64 heavy (non-hydrogen) atoms. The number of ether oxygens (including phenoxy) is 3. The molecule has 20 nitrogen and oxygen atoms in total. The first-order chi connectivity index (χ1) is 29.2. The highest BCUT2D eigenvalue weighted by atomic mass is 16.5. The van der Waals surface area contributed by atoms with Crippen LogP contribution in [-0.4, -0.2) is 132 Å². The quantitative estimate of drug-likeness (QED) is 0.180. The molecule has 0 spiro atoms. The van der Waals surface area contributed by atoms with Gasteiger partial charge >= 0.3 is 18.0 Å². The van der Waals surface area contributed by atoms with E-state index in [9.17, 15) is 20.8 Å². The summed E-state index contributed by atoms with van der Waals surface area (Å²) in [5.74, 6) is 0.784. The molecule has 2 aromatic rings. The Balaban J connectivity index is 1.21. The Morgan fingerprint density at radius 1 is 0.422 bits per heavy atom. The number of hydrogen-bond acceptors (Lipinski definition) is 16. The van der Waals surface area contributed by atoms with Crippen molar-refractivity contribution in [1.82, 2.24) is 50.2 Å². The third-order valence-electron chi connectivity index (χ3n) is 13.3. The van der Waals surface area contributed by atoms with Crippen molar-refractivity contribution < 1.29 is 35.0 Å². The number of hydroxylamine groups is 8. The molecule has 0 aromatic carbocycles. The van der Waals surface area contributed by atoms with Crippen LogP contribution < -0.4 is 30.2 Å². The van der Waals surface area contributed by atoms with Gasteiger partial charge in [-0.05, 0) is 136 Å². The van der Waals surface area contributed by atoms with Crippen LogP contribution in [0.2, 0.25) is 0 Å². The standard InChI is InChI=1S/C44H75N13O7/c1-37(2)19-27(20-38(3,4)54(37)58)46-32-48-31(49-35(51-32)63-29-23-41(9,10)56(60)42(11,12)24-29)45-17-18-62-34-50-33(47-28-21-39(5,6)55(59)40(7,8)22-28)52-36(53-34)64-30-25-43(13,14)57(61)44(15,16)26-30/h27-30H,17-26H2,1-16H3,(H,47,50,52,53)(H2,45,46,48,49,51). The van der Waals surface area contributed by atoms with Gasteiger partial charge in [0.1, 0.15) is 18.8 Å². The van der Waals surface area contributed by atoms with Gasteiger partial charge in [-0.2, -0.15) is 24.9 Å². The number of aromatic nitrogens is 6. The van der Waals surface area contributed by atoms with Crippen LogP contribution in [0.3, 0.4) is 0 Å². The summed E-state index contributed by atoms with van der Waals surface area (Å²) in [5.41, 5.74) is -5.17. The van der Waals surface area contributed by atoms with Crippen molar-refractivity contribution in [2.24, 2.45) is 0 Å². The number of nitrogens with zero attached hydrogens (tertiary/aromatic N) is 10. The molecule has 0 amide bonds. The summed E-state index contributed by atoms with van der Waals surface area (Å²) in [4.78, 5) is 27.9. The van der Waals surface area contributed by atoms with Crippen LogP contribution in [0.1, 0.15) is 162 Å². The smallest absolute Gasteiger partial charge is 0.324 e. The topological polar surface area (TPSA) is 234 Å². The summed E-state index contributed by atoms with van der Waals surface area (Å²) in [6.45, 7) is 31.1. The van der Waals surface area contributed by atoms with Crippen LogP contribution in [0.5, 0.6) is 18.0 Å². The highest BCUT2D eigenvalue weighted by Crippen LogP contribution is 2.42. The van der Waals surface area contributed by atoms with Gasteiger partial charge < -0.3 is 30.2 Å². The van der Waals surface area contributed by atoms with Crippen molar-refractivity contribution >= 4 is 17.8 Å². The lowest BCUT2D eigenvalue weighted by molar-refractivity contribution is -0.297. The molecule has 4 fully saturated rings. The zero-order chi connectivity index (χ0) is 47.6. The fourth-order valence-corrected chi connectivity index (χ4v) is 11.3. The minimum atomic E-state index is -0.673. The Kier molecular flexibility index (Phi) is 13.5. The number of nitrogens with one attached hydrogen (secondary N) is 3. The predicted octanol–water partition coefficient (Wildman–Crippen LogP) is 6.60. The van der Waals surface area contributed by atoms with E-state index in [1.54, 1.807) is 0 Å². The third-order valence-corrected chi connectivity index (χ3v) is 13.3. The number of hydrogen-bond donors (Lipinski definition) is 3. The van der Waals surface area contributed by atoms with Gasteiger partial charge in [0.05, 0.1) is 6.54 Å². The molecule has 4 radical (unpaired) electrons. The van der Waals surface area contributed by atoms with E-state index in [4.69, 9.17) is 19.2 Å². The van der Waals surface area contributed by atoms with E-state index in [1.807, 2.05) is 111 Å². The van der Waals surface area contributed by atoms with Gasteiger partial charge in [0.25, 0.3) is 0 Å². The molecule has 358 valence electrons. The average molecular weight is 898 g/mol. The summed E-state index contributed by atoms with van der Waals surface area (Å²) in [5, 5.41) is 67.3. The molecule has 0 bridgehead atoms. The molecule has 0 saturated carbocycles. The fraction of sp³-hybridized carbons (Fsp3) is 0.864. The maximum Gasteiger partial charge on any atom is 0.324 e. The lowest BCUT2D eigenvalue weighted by Crippen LogP contribution is -2.60. The van der Waals surface area contributed by atoms with Gasteiger partial charge in [-0.25, -0.2) is 0 Å². The van der Waals surface area contributed by atoms with E-state index in [-0.39, 0.29) is 67.4 Å². The highest BCUT2D eigenvalue weighted by Gasteiger charge is 2.50. The molecule has 6 heterocycles. The van der Waals surface area contributed by atoms with Crippen LogP contribution >= 0.6 is 0 Å². The summed E-state index contributed by atoms with van der Waals surface area (Å²) in [6, 6.07) is -0.0360. The SMILES string of the molecule is CC1(C)CC(Nc2nc(NCCOc3nc(NC4CC(C)(C)N([O])C(C)(C)C4)nc(OC4CC(C)(C)N([O])C(C)(C)C4)n3)nc(OC3CC(C)(C)N([O])C(C)(C)C3)n2)CC(C)(C)N1[O]. The first-order valence-corrected chi connectivity index (χ1v) is 22.9. The third kappa shape index (κ3) is 11.2. The minimum absolute atomic E-state index is 0.0285. The summed E-state index contributed by atoms with van der Waals surface area (Å²) in [6.07, 6.45) is 3.45. The van der Waals surface area contributed by atoms with Crippen LogP contribution in [0.25, 0.3) is 0 Å². The Bertz CT molecular complexity index is 1630. The Morgan fingerprint density at radius 2 is 0.719 bits per heavy atom. The predicted molar refractivity (Wildman–Crippen MR) is 237 cm³/mol. The second kappa shape index (κ2) is 17.3. The molecular weight excluding hydrogens is 823 g/mol. The second-order valence-electron chi connectivity index (χ2n) is 23.7. The van der Waals surface area contributed by atoms with Crippen LogP contribution in [0.15, 0.2) is 0 Å². The van der Waals surface area contributed by atoms with Crippen molar-refractivity contribution in [3.8, 4) is 18.0 Å². The molecule has 0 unspecified atom stereocenters. The van der Waals surface area contributed by atoms with Gasteiger partial charge in [-0.3, -0.25) is 0 Å². The molecule has 6 rings (SSSR count). The first-order valence-electron chi connectivity index (χ1n) is 22.9. The first kappa shape index (κ1) is 49.9. The normalized spacial score (nSPS) is 26.2. The van der Waals surface area contributed by atoms with Gasteiger partial charge in [0.15, 0.2) is 0 Å². The van der Waals surface area contributed by atoms with E-state index in [0.717, 1.165) is 10.1 Å². The summed E-state index contributed by atoms with van der Waals surface area (Å²) < 4.78 is 19.0. The zero-order valence-corrected chi connectivity index (χ0v) is 41.2. The lowest BCUT2D eigenvalue weighted by atomic mass is 9.79. The molecule has 2 aromatic heterocycles. The Labute approximate surface area is 380 Å². The van der Waals surface area contributed by atoms with Gasteiger partial charge in [-0.1, -0.05) is 0 Å². The van der Waals surface area contributed by atoms with E-state index >= 15 is 0 Å². The maximum atomic E-state index is 13.1. The molecule has 4 saturated heterocycles. The number of piperidine rings is 4. The molecule has 0 aliphatic carbocycles. The van der Waals surface area contributed by atoms with E-state index in [2.05, 4.69) is 40.9 Å². The van der Waals surface area contributed by atoms with Gasteiger partial charge in [-0.15, -0.1) is 46.1 Å². The van der Waals surface area contributed by atoms with Crippen molar-refractivity contribution in [1.29, 1.82) is 0 Å². The van der Waals surface area contributed by atoms with Crippen molar-refractivity contribution in [3.05, 3.63) is 0 Å². The highest BCUT2D eigenvalue weighted by molar-refractivity contribution is 5.37. The molecule has 20 heteroatoms. The average Bonchev–Trinajstić information content (AvgIpc) is 3.11. The summed E-state index contributed by atoms with van der Waals surface area (Å²) in [7, 11) is 0. The zero-order valence-electron chi connectivity index (χ0n) is 41.2. The van der Waals surface area contributed by atoms with E-state index in [0.29, 0.717) is 57.3 Å². The Hall–Kier alpha value is -3.50. The van der Waals surface area contributed by atoms with Crippen LogP contribution in [0, 0.1) is 0 Å². The van der Waals surface area contributed by atoms with E-state index < -0.39 is 44.3 Å². The summed E-state index contributed by atoms with van der Waals surface area (Å²) >= 11 is 0. The fourth-order valence-electron chi connectivity index (χ4n) is 11.3. The van der Waals surface area contributed by atoms with Crippen LogP contribution in [-0.2, 0) is 20.8 Å². The molecule has 3 N–H and O–H groups in total. The van der Waals surface area contributed by atoms with Gasteiger partial charge in [0, 0.05) is 82.1 Å². The Morgan fingerprint density at radius 3 is 1.09 bits per heavy atom. The van der Waals surface area contributed by atoms with Gasteiger partial charge in [0.2, 0.25) is 17.8 Å². The molecule has 4 aliphatic heterocycles. The van der Waals surface area contributed by atoms with Crippen molar-refractivity contribution in [3.63, 3.8) is 0 Å². The molecule has 4 aliphatic rings. The largest absolute Gasteiger partial charge is 0.461 e. The second-order valence-corrected chi connectivity index (χ2v) is 23.7. The van der Waals surface area contributed by atoms with Crippen molar-refractivity contribution in [2.75, 3.05) is 29.1 Å². The van der Waals surface area contributed by atoms with Crippen LogP contribution in [0.4, 0.5) is 17.8 Å². The minimum Gasteiger partial charge on any atom is -0.461 e. The number of anilines is 3. The molecular formula is C44H75N13O7. The lowest BCUT2D eigenvalue weighted by Gasteiger charge is -2.50. The van der Waals surface area contributed by atoms with E-state index in [1.165, 1.54) is 10.1 Å². The van der Waals surface area contributed by atoms with Crippen molar-refractivity contribution in [2.45, 2.75) is 231 Å². The number of rotatable bonds is 13.